The van der Waals surface area contributed by atoms with E-state index in [9.17, 15) is 9.90 Å². The monoisotopic (exact) mass is 172 g/mol. The molecule has 0 spiro atoms. The van der Waals surface area contributed by atoms with Crippen LogP contribution in [0.3, 0.4) is 0 Å². The van der Waals surface area contributed by atoms with Crippen LogP contribution >= 0.6 is 0 Å². The van der Waals surface area contributed by atoms with E-state index in [0.29, 0.717) is 6.42 Å². The molecule has 3 heteroatoms. The lowest BCUT2D eigenvalue weighted by atomic mass is 9.98. The van der Waals surface area contributed by atoms with Crippen LogP contribution in [0.1, 0.15) is 27.2 Å². The number of aliphatic hydroxyl groups is 1. The minimum atomic E-state index is -0.315. The van der Waals surface area contributed by atoms with Crippen molar-refractivity contribution in [3.05, 3.63) is 0 Å². The van der Waals surface area contributed by atoms with Gasteiger partial charge in [-0.2, -0.15) is 0 Å². The van der Waals surface area contributed by atoms with Crippen LogP contribution in [0, 0.1) is 11.8 Å². The summed E-state index contributed by atoms with van der Waals surface area (Å²) in [5.74, 6) is 0.242. The molecule has 4 atom stereocenters. The lowest BCUT2D eigenvalue weighted by molar-refractivity contribution is -0.148. The summed E-state index contributed by atoms with van der Waals surface area (Å²) in [6.07, 6.45) is 0.180. The van der Waals surface area contributed by atoms with Gasteiger partial charge < -0.3 is 9.84 Å². The van der Waals surface area contributed by atoms with E-state index < -0.39 is 0 Å². The summed E-state index contributed by atoms with van der Waals surface area (Å²) in [5.41, 5.74) is 0. The number of hydrogen-bond donors (Lipinski definition) is 1. The van der Waals surface area contributed by atoms with Gasteiger partial charge >= 0.3 is 5.97 Å². The van der Waals surface area contributed by atoms with E-state index >= 15 is 0 Å². The van der Waals surface area contributed by atoms with Crippen molar-refractivity contribution in [1.29, 1.82) is 0 Å². The lowest BCUT2D eigenvalue weighted by Crippen LogP contribution is -2.20. The number of esters is 1. The molecule has 1 aliphatic rings. The third kappa shape index (κ3) is 1.78. The smallest absolute Gasteiger partial charge is 0.302 e. The van der Waals surface area contributed by atoms with Gasteiger partial charge in [-0.3, -0.25) is 4.79 Å². The Labute approximate surface area is 72.7 Å². The quantitative estimate of drug-likeness (QED) is 0.599. The highest BCUT2D eigenvalue weighted by atomic mass is 16.5. The van der Waals surface area contributed by atoms with Crippen molar-refractivity contribution in [3.8, 4) is 0 Å². The van der Waals surface area contributed by atoms with Crippen LogP contribution in [0.5, 0.6) is 0 Å². The molecule has 0 heterocycles. The molecule has 0 aromatic heterocycles. The van der Waals surface area contributed by atoms with E-state index in [1.807, 2.05) is 13.8 Å². The van der Waals surface area contributed by atoms with E-state index in [1.165, 1.54) is 6.92 Å². The standard InChI is InChI=1S/C9H16O3/c1-5-6(2)9(4-8(5)11)12-7(3)10/h5-6,8-9,11H,4H2,1-3H3/t5-,6+,8+,9-/m1/s1. The molecule has 0 bridgehead atoms. The molecule has 1 N–H and O–H groups in total. The maximum absolute atomic E-state index is 10.7. The summed E-state index contributed by atoms with van der Waals surface area (Å²) in [4.78, 5) is 10.7. The molecular formula is C9H16O3. The molecule has 1 fully saturated rings. The minimum absolute atomic E-state index is 0.0903. The van der Waals surface area contributed by atoms with Crippen molar-refractivity contribution in [3.63, 3.8) is 0 Å². The van der Waals surface area contributed by atoms with Gasteiger partial charge in [-0.05, 0) is 11.8 Å². The summed E-state index contributed by atoms with van der Waals surface area (Å²) < 4.78 is 5.07. The third-order valence-electron chi connectivity index (χ3n) is 2.81. The number of ether oxygens (including phenoxy) is 1. The molecular weight excluding hydrogens is 156 g/mol. The van der Waals surface area contributed by atoms with Crippen LogP contribution in [0.15, 0.2) is 0 Å². The highest BCUT2D eigenvalue weighted by Crippen LogP contribution is 2.33. The first-order chi connectivity index (χ1) is 5.52. The number of carbonyl (C=O) groups is 1. The highest BCUT2D eigenvalue weighted by molar-refractivity contribution is 5.66. The molecule has 0 amide bonds. The van der Waals surface area contributed by atoms with Gasteiger partial charge in [0.15, 0.2) is 0 Å². The molecule has 3 nitrogen and oxygen atoms in total. The van der Waals surface area contributed by atoms with Crippen molar-refractivity contribution in [2.24, 2.45) is 11.8 Å². The summed E-state index contributed by atoms with van der Waals surface area (Å²) in [5, 5.41) is 9.46. The van der Waals surface area contributed by atoms with Crippen molar-refractivity contribution in [2.45, 2.75) is 39.4 Å². The Morgan fingerprint density at radius 1 is 1.42 bits per heavy atom. The van der Waals surface area contributed by atoms with Crippen molar-refractivity contribution in [2.75, 3.05) is 0 Å². The molecule has 1 rings (SSSR count). The predicted octanol–water partition coefficient (Wildman–Crippen LogP) is 0.955. The fourth-order valence-corrected chi connectivity index (χ4v) is 1.72. The normalized spacial score (nSPS) is 41.3. The van der Waals surface area contributed by atoms with Crippen molar-refractivity contribution < 1.29 is 14.6 Å². The molecule has 0 saturated heterocycles. The maximum atomic E-state index is 10.7. The van der Waals surface area contributed by atoms with E-state index in [0.717, 1.165) is 0 Å². The molecule has 0 aromatic rings. The van der Waals surface area contributed by atoms with Gasteiger partial charge in [0.25, 0.3) is 0 Å². The number of rotatable bonds is 1. The van der Waals surface area contributed by atoms with Gasteiger partial charge in [0.05, 0.1) is 6.10 Å². The molecule has 1 saturated carbocycles. The highest BCUT2D eigenvalue weighted by Gasteiger charge is 2.38. The second-order valence-electron chi connectivity index (χ2n) is 3.67. The largest absolute Gasteiger partial charge is 0.462 e. The van der Waals surface area contributed by atoms with E-state index in [1.54, 1.807) is 0 Å². The van der Waals surface area contributed by atoms with Crippen LogP contribution in [0.4, 0.5) is 0 Å². The summed E-state index contributed by atoms with van der Waals surface area (Å²) in [6.45, 7) is 5.40. The Bertz CT molecular complexity index is 179. The van der Waals surface area contributed by atoms with E-state index in [4.69, 9.17) is 4.74 Å². The van der Waals surface area contributed by atoms with Crippen LogP contribution in [0.25, 0.3) is 0 Å². The van der Waals surface area contributed by atoms with Gasteiger partial charge in [0.1, 0.15) is 6.10 Å². The zero-order valence-electron chi connectivity index (χ0n) is 7.78. The SMILES string of the molecule is CC(=O)O[C@@H]1C[C@H](O)[C@H](C)[C@@H]1C. The number of aliphatic hydroxyl groups excluding tert-OH is 1. The summed E-state index contributed by atoms with van der Waals surface area (Å²) in [7, 11) is 0. The van der Waals surface area contributed by atoms with Gasteiger partial charge in [0.2, 0.25) is 0 Å². The molecule has 1 aliphatic carbocycles. The lowest BCUT2D eigenvalue weighted by Gasteiger charge is -2.17. The number of carbonyl (C=O) groups excluding carboxylic acids is 1. The Morgan fingerprint density at radius 3 is 2.33 bits per heavy atom. The summed E-state index contributed by atoms with van der Waals surface area (Å²) in [6, 6.07) is 0. The zero-order chi connectivity index (χ0) is 9.30. The second kappa shape index (κ2) is 3.44. The van der Waals surface area contributed by atoms with Crippen LogP contribution < -0.4 is 0 Å². The second-order valence-corrected chi connectivity index (χ2v) is 3.67. The van der Waals surface area contributed by atoms with E-state index in [-0.39, 0.29) is 30.0 Å². The molecule has 70 valence electrons. The first-order valence-corrected chi connectivity index (χ1v) is 4.37. The van der Waals surface area contributed by atoms with Crippen molar-refractivity contribution in [1.82, 2.24) is 0 Å². The third-order valence-corrected chi connectivity index (χ3v) is 2.81. The average Bonchev–Trinajstić information content (AvgIpc) is 2.17. The number of hydrogen-bond acceptors (Lipinski definition) is 3. The van der Waals surface area contributed by atoms with Gasteiger partial charge in [-0.15, -0.1) is 0 Å². The first kappa shape index (κ1) is 9.52. The Kier molecular flexibility index (Phi) is 2.73. The molecule has 0 aliphatic heterocycles. The predicted molar refractivity (Wildman–Crippen MR) is 44.5 cm³/mol. The van der Waals surface area contributed by atoms with E-state index in [2.05, 4.69) is 0 Å². The fourth-order valence-electron chi connectivity index (χ4n) is 1.72. The van der Waals surface area contributed by atoms with Crippen molar-refractivity contribution >= 4 is 5.97 Å². The average molecular weight is 172 g/mol. The molecule has 0 unspecified atom stereocenters. The zero-order valence-corrected chi connectivity index (χ0v) is 7.78. The maximum Gasteiger partial charge on any atom is 0.302 e. The molecule has 12 heavy (non-hydrogen) atoms. The van der Waals surface area contributed by atoms with Gasteiger partial charge in [-0.1, -0.05) is 13.8 Å². The first-order valence-electron chi connectivity index (χ1n) is 4.37. The van der Waals surface area contributed by atoms with Crippen LogP contribution in [-0.2, 0) is 9.53 Å². The van der Waals surface area contributed by atoms with Gasteiger partial charge in [0, 0.05) is 13.3 Å². The molecule has 0 aromatic carbocycles. The van der Waals surface area contributed by atoms with Gasteiger partial charge in [-0.25, -0.2) is 0 Å². The fraction of sp³-hybridized carbons (Fsp3) is 0.889. The molecule has 0 radical (unpaired) electrons. The Balaban J connectivity index is 2.52. The minimum Gasteiger partial charge on any atom is -0.462 e. The van der Waals surface area contributed by atoms with Crippen LogP contribution in [-0.4, -0.2) is 23.3 Å². The topological polar surface area (TPSA) is 46.5 Å². The summed E-state index contributed by atoms with van der Waals surface area (Å²) >= 11 is 0. The van der Waals surface area contributed by atoms with Crippen LogP contribution in [0.2, 0.25) is 0 Å². The Hall–Kier alpha value is -0.570. The Morgan fingerprint density at radius 2 is 2.00 bits per heavy atom.